The lowest BCUT2D eigenvalue weighted by Crippen LogP contribution is -2.41. The molecular weight excluding hydrogens is 507 g/mol. The Labute approximate surface area is 215 Å². The number of carbonyl (C=O) groups excluding carboxylic acids is 1. The molecule has 0 aromatic heterocycles. The zero-order chi connectivity index (χ0) is 26.6. The largest absolute Gasteiger partial charge is 0.493 e. The van der Waals surface area contributed by atoms with Crippen molar-refractivity contribution in [2.24, 2.45) is 0 Å². The van der Waals surface area contributed by atoms with E-state index in [-0.39, 0.29) is 27.4 Å². The minimum absolute atomic E-state index is 0.0329. The van der Waals surface area contributed by atoms with Gasteiger partial charge in [0.05, 0.1) is 35.9 Å². The number of nitrogens with one attached hydrogen (secondary N) is 1. The van der Waals surface area contributed by atoms with Gasteiger partial charge in [-0.2, -0.15) is 0 Å². The van der Waals surface area contributed by atoms with Gasteiger partial charge in [-0.25, -0.2) is 12.8 Å². The molecule has 0 spiro atoms. The molecule has 36 heavy (non-hydrogen) atoms. The van der Waals surface area contributed by atoms with Crippen LogP contribution in [0.4, 0.5) is 10.1 Å². The zero-order valence-corrected chi connectivity index (χ0v) is 22.2. The summed E-state index contributed by atoms with van der Waals surface area (Å²) in [5.41, 5.74) is 3.04. The summed E-state index contributed by atoms with van der Waals surface area (Å²) in [6.07, 6.45) is 0. The molecular formula is C26H28ClFN2O5S. The van der Waals surface area contributed by atoms with Gasteiger partial charge in [0.15, 0.2) is 11.5 Å². The van der Waals surface area contributed by atoms with Gasteiger partial charge < -0.3 is 14.8 Å². The molecule has 0 fully saturated rings. The summed E-state index contributed by atoms with van der Waals surface area (Å²) in [4.78, 5) is 12.9. The fourth-order valence-corrected chi connectivity index (χ4v) is 5.47. The molecule has 3 aromatic rings. The standard InChI is InChI=1S/C26H28ClFN2O5S/c1-16-6-9-21(17(2)12-16)18(3)29-26(31)15-30(19-7-10-23(28)22(27)13-19)36(32,33)20-8-11-24(34-4)25(14-20)35-5/h6-14,18H,15H2,1-5H3,(H,29,31). The molecule has 0 aliphatic heterocycles. The fourth-order valence-electron chi connectivity index (χ4n) is 3.87. The molecule has 0 saturated carbocycles. The summed E-state index contributed by atoms with van der Waals surface area (Å²) >= 11 is 5.94. The summed E-state index contributed by atoms with van der Waals surface area (Å²) in [5.74, 6) is -0.722. The molecule has 0 aliphatic carbocycles. The van der Waals surface area contributed by atoms with Crippen molar-refractivity contribution in [1.29, 1.82) is 0 Å². The summed E-state index contributed by atoms with van der Waals surface area (Å²) in [5, 5.41) is 2.58. The third-order valence-electron chi connectivity index (χ3n) is 5.69. The van der Waals surface area contributed by atoms with Crippen molar-refractivity contribution < 1.29 is 27.1 Å². The third-order valence-corrected chi connectivity index (χ3v) is 7.75. The number of carbonyl (C=O) groups is 1. The van der Waals surface area contributed by atoms with E-state index in [9.17, 15) is 17.6 Å². The lowest BCUT2D eigenvalue weighted by molar-refractivity contribution is -0.120. The predicted octanol–water partition coefficient (Wildman–Crippen LogP) is 5.19. The smallest absolute Gasteiger partial charge is 0.264 e. The van der Waals surface area contributed by atoms with Crippen molar-refractivity contribution >= 4 is 33.2 Å². The topological polar surface area (TPSA) is 84.9 Å². The second-order valence-corrected chi connectivity index (χ2v) is 10.5. The summed E-state index contributed by atoms with van der Waals surface area (Å²) < 4.78 is 52.5. The highest BCUT2D eigenvalue weighted by Gasteiger charge is 2.29. The van der Waals surface area contributed by atoms with Crippen LogP contribution in [-0.2, 0) is 14.8 Å². The van der Waals surface area contributed by atoms with Crippen LogP contribution in [0, 0.1) is 19.7 Å². The molecule has 0 radical (unpaired) electrons. The summed E-state index contributed by atoms with van der Waals surface area (Å²) in [6, 6.07) is 13.0. The Bertz CT molecular complexity index is 1380. The van der Waals surface area contributed by atoms with Gasteiger partial charge >= 0.3 is 0 Å². The minimum Gasteiger partial charge on any atom is -0.493 e. The number of amides is 1. The molecule has 7 nitrogen and oxygen atoms in total. The maximum Gasteiger partial charge on any atom is 0.264 e. The van der Waals surface area contributed by atoms with Gasteiger partial charge in [0, 0.05) is 6.07 Å². The first-order valence-electron chi connectivity index (χ1n) is 11.0. The number of methoxy groups -OCH3 is 2. The van der Waals surface area contributed by atoms with Crippen LogP contribution in [0.1, 0.15) is 29.7 Å². The first-order chi connectivity index (χ1) is 17.0. The van der Waals surface area contributed by atoms with Crippen molar-refractivity contribution in [1.82, 2.24) is 5.32 Å². The molecule has 192 valence electrons. The second kappa shape index (κ2) is 11.2. The third kappa shape index (κ3) is 5.91. The van der Waals surface area contributed by atoms with Crippen LogP contribution in [0.25, 0.3) is 0 Å². The molecule has 3 rings (SSSR count). The molecule has 0 saturated heterocycles. The van der Waals surface area contributed by atoms with Crippen LogP contribution in [0.3, 0.4) is 0 Å². The van der Waals surface area contributed by atoms with Crippen LogP contribution in [0.2, 0.25) is 5.02 Å². The summed E-state index contributed by atoms with van der Waals surface area (Å²) in [6.45, 7) is 5.18. The number of halogens is 2. The Morgan fingerprint density at radius 2 is 1.72 bits per heavy atom. The van der Waals surface area contributed by atoms with Crippen LogP contribution < -0.4 is 19.1 Å². The van der Waals surface area contributed by atoms with Gasteiger partial charge in [0.1, 0.15) is 12.4 Å². The molecule has 0 aliphatic rings. The zero-order valence-electron chi connectivity index (χ0n) is 20.6. The van der Waals surface area contributed by atoms with E-state index in [4.69, 9.17) is 21.1 Å². The van der Waals surface area contributed by atoms with Crippen LogP contribution in [-0.4, -0.2) is 35.1 Å². The minimum atomic E-state index is -4.29. The van der Waals surface area contributed by atoms with E-state index in [0.29, 0.717) is 5.75 Å². The van der Waals surface area contributed by atoms with Gasteiger partial charge in [-0.05, 0) is 62.2 Å². The highest BCUT2D eigenvalue weighted by molar-refractivity contribution is 7.92. The molecule has 1 atom stereocenters. The molecule has 1 amide bonds. The Kier molecular flexibility index (Phi) is 8.47. The van der Waals surface area contributed by atoms with E-state index in [1.54, 1.807) is 0 Å². The fraction of sp³-hybridized carbons (Fsp3) is 0.269. The average Bonchev–Trinajstić information content (AvgIpc) is 2.83. The highest BCUT2D eigenvalue weighted by atomic mass is 35.5. The predicted molar refractivity (Wildman–Crippen MR) is 138 cm³/mol. The van der Waals surface area contributed by atoms with E-state index in [1.807, 2.05) is 39.0 Å². The number of hydrogen-bond donors (Lipinski definition) is 1. The average molecular weight is 535 g/mol. The number of benzene rings is 3. The maximum absolute atomic E-state index is 13.8. The number of nitrogens with zero attached hydrogens (tertiary/aromatic N) is 1. The first kappa shape index (κ1) is 27.3. The normalized spacial score (nSPS) is 12.1. The molecule has 0 heterocycles. The lowest BCUT2D eigenvalue weighted by Gasteiger charge is -2.26. The highest BCUT2D eigenvalue weighted by Crippen LogP contribution is 2.33. The van der Waals surface area contributed by atoms with Gasteiger partial charge in [0.25, 0.3) is 10.0 Å². The molecule has 3 aromatic carbocycles. The van der Waals surface area contributed by atoms with E-state index in [1.165, 1.54) is 38.5 Å². The molecule has 10 heteroatoms. The quantitative estimate of drug-likeness (QED) is 0.408. The second-order valence-electron chi connectivity index (χ2n) is 8.28. The Morgan fingerprint density at radius 3 is 2.33 bits per heavy atom. The monoisotopic (exact) mass is 534 g/mol. The Hall–Kier alpha value is -3.30. The van der Waals surface area contributed by atoms with E-state index < -0.39 is 28.3 Å². The number of ether oxygens (including phenoxy) is 2. The lowest BCUT2D eigenvalue weighted by atomic mass is 10.0. The van der Waals surface area contributed by atoms with Crippen molar-refractivity contribution in [3.8, 4) is 11.5 Å². The number of aryl methyl sites for hydroxylation is 2. The Morgan fingerprint density at radius 1 is 1.03 bits per heavy atom. The van der Waals surface area contributed by atoms with Crippen molar-refractivity contribution in [2.45, 2.75) is 31.7 Å². The van der Waals surface area contributed by atoms with Crippen LogP contribution >= 0.6 is 11.6 Å². The number of rotatable bonds is 9. The van der Waals surface area contributed by atoms with E-state index in [0.717, 1.165) is 33.1 Å². The molecule has 1 N–H and O–H groups in total. The van der Waals surface area contributed by atoms with Crippen LogP contribution in [0.5, 0.6) is 11.5 Å². The number of sulfonamides is 1. The van der Waals surface area contributed by atoms with E-state index >= 15 is 0 Å². The van der Waals surface area contributed by atoms with Gasteiger partial charge in [-0.1, -0.05) is 35.4 Å². The van der Waals surface area contributed by atoms with Gasteiger partial charge in [-0.3, -0.25) is 9.10 Å². The first-order valence-corrected chi connectivity index (χ1v) is 12.9. The van der Waals surface area contributed by atoms with E-state index in [2.05, 4.69) is 5.32 Å². The van der Waals surface area contributed by atoms with Crippen molar-refractivity contribution in [2.75, 3.05) is 25.1 Å². The van der Waals surface area contributed by atoms with Crippen LogP contribution in [0.15, 0.2) is 59.5 Å². The number of anilines is 1. The van der Waals surface area contributed by atoms with Crippen molar-refractivity contribution in [3.63, 3.8) is 0 Å². The molecule has 0 bridgehead atoms. The Balaban J connectivity index is 1.98. The SMILES string of the molecule is COc1ccc(S(=O)(=O)N(CC(=O)NC(C)c2ccc(C)cc2C)c2ccc(F)c(Cl)c2)cc1OC. The number of hydrogen-bond acceptors (Lipinski definition) is 5. The molecule has 1 unspecified atom stereocenters. The van der Waals surface area contributed by atoms with Gasteiger partial charge in [0.2, 0.25) is 5.91 Å². The maximum atomic E-state index is 13.8. The summed E-state index contributed by atoms with van der Waals surface area (Å²) in [7, 11) is -1.48. The van der Waals surface area contributed by atoms with Crippen molar-refractivity contribution in [3.05, 3.63) is 82.1 Å². The van der Waals surface area contributed by atoms with Gasteiger partial charge in [-0.15, -0.1) is 0 Å².